The first-order chi connectivity index (χ1) is 11.6. The van der Waals surface area contributed by atoms with Gasteiger partial charge in [0.1, 0.15) is 5.75 Å². The minimum Gasteiger partial charge on any atom is -0.508 e. The van der Waals surface area contributed by atoms with Crippen molar-refractivity contribution in [3.05, 3.63) is 41.5 Å². The van der Waals surface area contributed by atoms with Gasteiger partial charge in [0.05, 0.1) is 12.2 Å². The maximum Gasteiger partial charge on any atom is 0.115 e. The van der Waals surface area contributed by atoms with Crippen LogP contribution in [-0.2, 0) is 6.42 Å². The molecule has 1 aromatic rings. The minimum absolute atomic E-state index is 0.161. The molecular weight excluding hydrogens is 298 g/mol. The van der Waals surface area contributed by atoms with Gasteiger partial charge < -0.3 is 10.2 Å². The molecule has 126 valence electrons. The highest BCUT2D eigenvalue weighted by Crippen LogP contribution is 2.62. The summed E-state index contributed by atoms with van der Waals surface area (Å²) in [7, 11) is 0. The number of aromatic hydroxyl groups is 1. The van der Waals surface area contributed by atoms with E-state index in [9.17, 15) is 15.5 Å². The van der Waals surface area contributed by atoms with Crippen molar-refractivity contribution in [2.24, 2.45) is 23.2 Å². The van der Waals surface area contributed by atoms with Crippen molar-refractivity contribution in [1.82, 2.24) is 0 Å². The zero-order valence-electron chi connectivity index (χ0n) is 14.2. The quantitative estimate of drug-likeness (QED) is 0.811. The second kappa shape index (κ2) is 5.63. The van der Waals surface area contributed by atoms with Gasteiger partial charge in [-0.1, -0.05) is 25.1 Å². The third-order valence-electron chi connectivity index (χ3n) is 7.13. The van der Waals surface area contributed by atoms with Crippen LogP contribution in [0.15, 0.2) is 30.4 Å². The van der Waals surface area contributed by atoms with Crippen LogP contribution in [-0.4, -0.2) is 16.3 Å². The molecule has 3 heteroatoms. The van der Waals surface area contributed by atoms with E-state index in [0.29, 0.717) is 29.9 Å². The van der Waals surface area contributed by atoms with Crippen molar-refractivity contribution in [2.45, 2.75) is 51.0 Å². The van der Waals surface area contributed by atoms with Gasteiger partial charge in [0.2, 0.25) is 0 Å². The molecule has 0 heterocycles. The molecule has 4 rings (SSSR count). The van der Waals surface area contributed by atoms with E-state index in [1.807, 2.05) is 12.1 Å². The summed E-state index contributed by atoms with van der Waals surface area (Å²) >= 11 is 0. The number of rotatable bonds is 2. The summed E-state index contributed by atoms with van der Waals surface area (Å²) in [5, 5.41) is 29.7. The van der Waals surface area contributed by atoms with Crippen LogP contribution >= 0.6 is 0 Å². The Balaban J connectivity index is 1.71. The standard InChI is InChI=1S/C21H25NO2/c1-13(9-11-22)21-10-8-17-16-5-3-15(23)12-14(16)2-4-18(17)19(21)6-7-20(21)24/h3,5-7,12-13,17-20,23-24H,2,4,8-10H2,1H3/t13?,17-,18-,19+,20+,21?/m1/s1. The molecule has 2 N–H and O–H groups in total. The van der Waals surface area contributed by atoms with E-state index >= 15 is 0 Å². The molecule has 0 aliphatic heterocycles. The first kappa shape index (κ1) is 15.7. The fourth-order valence-corrected chi connectivity index (χ4v) is 5.96. The molecule has 0 radical (unpaired) electrons. The maximum absolute atomic E-state index is 10.8. The summed E-state index contributed by atoms with van der Waals surface area (Å²) in [5.74, 6) is 1.97. The van der Waals surface area contributed by atoms with Gasteiger partial charge >= 0.3 is 0 Å². The molecule has 1 fully saturated rings. The third-order valence-corrected chi connectivity index (χ3v) is 7.13. The number of allylic oxidation sites excluding steroid dienone is 1. The van der Waals surface area contributed by atoms with Gasteiger partial charge in [0.25, 0.3) is 0 Å². The van der Waals surface area contributed by atoms with Crippen LogP contribution in [0.1, 0.15) is 49.7 Å². The van der Waals surface area contributed by atoms with Crippen LogP contribution in [0.3, 0.4) is 0 Å². The average Bonchev–Trinajstić information content (AvgIpc) is 2.92. The summed E-state index contributed by atoms with van der Waals surface area (Å²) in [5.41, 5.74) is 2.52. The molecule has 1 aromatic carbocycles. The lowest BCUT2D eigenvalue weighted by molar-refractivity contribution is -0.0621. The van der Waals surface area contributed by atoms with Crippen molar-refractivity contribution in [1.29, 1.82) is 5.26 Å². The first-order valence-corrected chi connectivity index (χ1v) is 9.13. The van der Waals surface area contributed by atoms with E-state index in [1.54, 1.807) is 6.07 Å². The molecule has 2 unspecified atom stereocenters. The Morgan fingerprint density at radius 3 is 2.96 bits per heavy atom. The second-order valence-corrected chi connectivity index (χ2v) is 7.96. The Hall–Kier alpha value is -1.79. The molecule has 0 spiro atoms. The van der Waals surface area contributed by atoms with Crippen LogP contribution in [0.4, 0.5) is 0 Å². The molecule has 0 saturated heterocycles. The molecule has 0 aromatic heterocycles. The van der Waals surface area contributed by atoms with Gasteiger partial charge in [-0.15, -0.1) is 0 Å². The zero-order chi connectivity index (χ0) is 16.9. The smallest absolute Gasteiger partial charge is 0.115 e. The van der Waals surface area contributed by atoms with E-state index in [1.165, 1.54) is 11.1 Å². The number of aryl methyl sites for hydroxylation is 1. The number of hydrogen-bond donors (Lipinski definition) is 2. The van der Waals surface area contributed by atoms with Gasteiger partial charge in [-0.05, 0) is 72.6 Å². The van der Waals surface area contributed by atoms with Crippen LogP contribution in [0.2, 0.25) is 0 Å². The molecule has 0 amide bonds. The minimum atomic E-state index is -0.423. The molecule has 0 bridgehead atoms. The third kappa shape index (κ3) is 2.06. The Labute approximate surface area is 143 Å². The normalized spacial score (nSPS) is 37.9. The summed E-state index contributed by atoms with van der Waals surface area (Å²) in [6.07, 6.45) is 8.43. The predicted molar refractivity (Wildman–Crippen MR) is 92.4 cm³/mol. The molecule has 6 atom stereocenters. The number of phenolic OH excluding ortho intramolecular Hbond substituents is 1. The molecule has 3 nitrogen and oxygen atoms in total. The Morgan fingerprint density at radius 1 is 1.33 bits per heavy atom. The van der Waals surface area contributed by atoms with Crippen LogP contribution < -0.4 is 0 Å². The SMILES string of the molecule is CC(CC#N)C12CC[C@@H]3c4ccc(O)cc4CC[C@H]3[C@@H]1C=C[C@@H]2O. The monoisotopic (exact) mass is 323 g/mol. The fourth-order valence-electron chi connectivity index (χ4n) is 5.96. The summed E-state index contributed by atoms with van der Waals surface area (Å²) in [6.45, 7) is 2.14. The highest BCUT2D eigenvalue weighted by atomic mass is 16.3. The summed E-state index contributed by atoms with van der Waals surface area (Å²) in [6, 6.07) is 8.15. The Bertz CT molecular complexity index is 719. The molecular formula is C21H25NO2. The van der Waals surface area contributed by atoms with E-state index in [-0.39, 0.29) is 11.3 Å². The van der Waals surface area contributed by atoms with Crippen molar-refractivity contribution < 1.29 is 10.2 Å². The van der Waals surface area contributed by atoms with Crippen LogP contribution in [0.25, 0.3) is 0 Å². The van der Waals surface area contributed by atoms with E-state index < -0.39 is 6.10 Å². The largest absolute Gasteiger partial charge is 0.508 e. The van der Waals surface area contributed by atoms with Gasteiger partial charge in [-0.3, -0.25) is 0 Å². The van der Waals surface area contributed by atoms with Crippen molar-refractivity contribution in [3.8, 4) is 11.8 Å². The number of nitrogens with zero attached hydrogens (tertiary/aromatic N) is 1. The summed E-state index contributed by atoms with van der Waals surface area (Å²) < 4.78 is 0. The van der Waals surface area contributed by atoms with E-state index in [0.717, 1.165) is 25.7 Å². The Kier molecular flexibility index (Phi) is 3.69. The first-order valence-electron chi connectivity index (χ1n) is 9.13. The number of fused-ring (bicyclic) bond motifs is 5. The van der Waals surface area contributed by atoms with Crippen LogP contribution in [0, 0.1) is 34.5 Å². The Morgan fingerprint density at radius 2 is 2.17 bits per heavy atom. The molecule has 1 saturated carbocycles. The van der Waals surface area contributed by atoms with Gasteiger partial charge in [0, 0.05) is 11.8 Å². The maximum atomic E-state index is 10.8. The van der Waals surface area contributed by atoms with Crippen molar-refractivity contribution in [2.75, 3.05) is 0 Å². The highest BCUT2D eigenvalue weighted by Gasteiger charge is 2.57. The van der Waals surface area contributed by atoms with Crippen LogP contribution in [0.5, 0.6) is 5.75 Å². The van der Waals surface area contributed by atoms with Gasteiger partial charge in [-0.2, -0.15) is 5.26 Å². The number of nitriles is 1. The zero-order valence-corrected chi connectivity index (χ0v) is 14.2. The number of phenols is 1. The van der Waals surface area contributed by atoms with E-state index in [4.69, 9.17) is 0 Å². The lowest BCUT2D eigenvalue weighted by Crippen LogP contribution is -2.50. The van der Waals surface area contributed by atoms with Crippen molar-refractivity contribution >= 4 is 0 Å². The average molecular weight is 323 g/mol. The second-order valence-electron chi connectivity index (χ2n) is 7.96. The molecule has 3 aliphatic rings. The lowest BCUT2D eigenvalue weighted by atomic mass is 9.51. The number of aliphatic hydroxyl groups excluding tert-OH is 1. The topological polar surface area (TPSA) is 64.2 Å². The summed E-state index contributed by atoms with van der Waals surface area (Å²) in [4.78, 5) is 0. The highest BCUT2D eigenvalue weighted by molar-refractivity contribution is 5.41. The van der Waals surface area contributed by atoms with Gasteiger partial charge in [0.15, 0.2) is 0 Å². The van der Waals surface area contributed by atoms with Gasteiger partial charge in [-0.25, -0.2) is 0 Å². The molecule has 24 heavy (non-hydrogen) atoms. The number of aliphatic hydroxyl groups is 1. The number of hydrogen-bond acceptors (Lipinski definition) is 3. The predicted octanol–water partition coefficient (Wildman–Crippen LogP) is 3.92. The fraction of sp³-hybridized carbons (Fsp3) is 0.571. The molecule has 3 aliphatic carbocycles. The number of benzene rings is 1. The lowest BCUT2D eigenvalue weighted by Gasteiger charge is -2.53. The van der Waals surface area contributed by atoms with E-state index in [2.05, 4.69) is 25.1 Å². The van der Waals surface area contributed by atoms with Crippen molar-refractivity contribution in [3.63, 3.8) is 0 Å².